The Labute approximate surface area is 195 Å². The maximum absolute atomic E-state index is 14.1. The molecule has 0 bridgehead atoms. The van der Waals surface area contributed by atoms with Crippen LogP contribution in [-0.2, 0) is 11.3 Å². The Morgan fingerprint density at radius 3 is 2.56 bits per heavy atom. The van der Waals surface area contributed by atoms with Gasteiger partial charge in [0.1, 0.15) is 16.8 Å². The van der Waals surface area contributed by atoms with E-state index in [2.05, 4.69) is 25.2 Å². The largest absolute Gasteiger partial charge is 0.366 e. The SMILES string of the molecule is O=C(CSc1nc(Cl)cc(N2CCN(c3ccccc3F)CC2)n1)NCc1ccccn1. The predicted octanol–water partition coefficient (Wildman–Crippen LogP) is 3.40. The molecule has 3 heterocycles. The monoisotopic (exact) mass is 472 g/mol. The molecule has 10 heteroatoms. The Bertz CT molecular complexity index is 1070. The van der Waals surface area contributed by atoms with Crippen LogP contribution in [0.2, 0.25) is 5.15 Å². The first-order chi connectivity index (χ1) is 15.6. The zero-order valence-electron chi connectivity index (χ0n) is 17.2. The molecule has 1 aliphatic heterocycles. The van der Waals surface area contributed by atoms with E-state index in [4.69, 9.17) is 11.6 Å². The van der Waals surface area contributed by atoms with Gasteiger partial charge in [0.15, 0.2) is 5.16 Å². The molecule has 1 amide bonds. The van der Waals surface area contributed by atoms with E-state index in [1.807, 2.05) is 29.2 Å². The molecule has 166 valence electrons. The van der Waals surface area contributed by atoms with Gasteiger partial charge in [-0.2, -0.15) is 0 Å². The lowest BCUT2D eigenvalue weighted by molar-refractivity contribution is -0.118. The summed E-state index contributed by atoms with van der Waals surface area (Å²) in [7, 11) is 0. The number of anilines is 2. The van der Waals surface area contributed by atoms with Gasteiger partial charge in [0.05, 0.1) is 23.7 Å². The first kappa shape index (κ1) is 22.3. The summed E-state index contributed by atoms with van der Waals surface area (Å²) in [5, 5.41) is 3.59. The van der Waals surface area contributed by atoms with Crippen LogP contribution in [0.1, 0.15) is 5.69 Å². The Balaban J connectivity index is 1.32. The van der Waals surface area contributed by atoms with E-state index < -0.39 is 0 Å². The zero-order valence-corrected chi connectivity index (χ0v) is 18.8. The number of hydrogen-bond acceptors (Lipinski definition) is 7. The van der Waals surface area contributed by atoms with Crippen LogP contribution in [0.4, 0.5) is 15.9 Å². The van der Waals surface area contributed by atoms with Crippen LogP contribution in [0.5, 0.6) is 0 Å². The summed E-state index contributed by atoms with van der Waals surface area (Å²) in [6.45, 7) is 3.06. The average Bonchev–Trinajstić information content (AvgIpc) is 2.82. The fourth-order valence-electron chi connectivity index (χ4n) is 3.37. The molecule has 1 saturated heterocycles. The molecular formula is C22H22ClFN6OS. The fourth-order valence-corrected chi connectivity index (χ4v) is 4.28. The molecule has 0 saturated carbocycles. The van der Waals surface area contributed by atoms with E-state index in [9.17, 15) is 9.18 Å². The van der Waals surface area contributed by atoms with Gasteiger partial charge in [-0.15, -0.1) is 0 Å². The number of carbonyl (C=O) groups is 1. The van der Waals surface area contributed by atoms with Crippen molar-refractivity contribution in [3.63, 3.8) is 0 Å². The summed E-state index contributed by atoms with van der Waals surface area (Å²) in [5.41, 5.74) is 1.41. The molecule has 1 aliphatic rings. The molecule has 4 rings (SSSR count). The highest BCUT2D eigenvalue weighted by molar-refractivity contribution is 7.99. The summed E-state index contributed by atoms with van der Waals surface area (Å²) in [5.74, 6) is 0.526. The normalized spacial score (nSPS) is 13.8. The number of aromatic nitrogens is 3. The highest BCUT2D eigenvalue weighted by Crippen LogP contribution is 2.25. The van der Waals surface area contributed by atoms with Crippen molar-refractivity contribution in [3.8, 4) is 0 Å². The van der Waals surface area contributed by atoms with Gasteiger partial charge in [0.2, 0.25) is 5.91 Å². The van der Waals surface area contributed by atoms with Crippen molar-refractivity contribution in [2.24, 2.45) is 0 Å². The smallest absolute Gasteiger partial charge is 0.230 e. The summed E-state index contributed by atoms with van der Waals surface area (Å²) in [6.07, 6.45) is 1.69. The van der Waals surface area contributed by atoms with Gasteiger partial charge in [-0.1, -0.05) is 41.6 Å². The van der Waals surface area contributed by atoms with E-state index in [0.29, 0.717) is 54.5 Å². The molecule has 7 nitrogen and oxygen atoms in total. The number of amides is 1. The Kier molecular flexibility index (Phi) is 7.39. The molecule has 32 heavy (non-hydrogen) atoms. The highest BCUT2D eigenvalue weighted by Gasteiger charge is 2.21. The Morgan fingerprint density at radius 2 is 1.81 bits per heavy atom. The van der Waals surface area contributed by atoms with Gasteiger partial charge in [-0.25, -0.2) is 14.4 Å². The van der Waals surface area contributed by atoms with Crippen LogP contribution in [0.15, 0.2) is 59.9 Å². The molecular weight excluding hydrogens is 451 g/mol. The van der Waals surface area contributed by atoms with Crippen LogP contribution in [0.25, 0.3) is 0 Å². The summed E-state index contributed by atoms with van der Waals surface area (Å²) < 4.78 is 14.1. The van der Waals surface area contributed by atoms with Crippen LogP contribution in [0, 0.1) is 5.82 Å². The number of hydrogen-bond donors (Lipinski definition) is 1. The first-order valence-electron chi connectivity index (χ1n) is 10.2. The molecule has 2 aromatic heterocycles. The third-order valence-corrected chi connectivity index (χ3v) is 6.02. The van der Waals surface area contributed by atoms with Gasteiger partial charge in [-0.3, -0.25) is 9.78 Å². The maximum atomic E-state index is 14.1. The number of carbonyl (C=O) groups excluding carboxylic acids is 1. The van der Waals surface area contributed by atoms with Gasteiger partial charge in [0, 0.05) is 38.4 Å². The lowest BCUT2D eigenvalue weighted by Crippen LogP contribution is -2.47. The number of halogens is 2. The van der Waals surface area contributed by atoms with Crippen LogP contribution in [0.3, 0.4) is 0 Å². The van der Waals surface area contributed by atoms with E-state index in [1.165, 1.54) is 17.8 Å². The number of nitrogens with zero attached hydrogens (tertiary/aromatic N) is 5. The molecule has 3 aromatic rings. The molecule has 0 radical (unpaired) electrons. The van der Waals surface area contributed by atoms with Crippen LogP contribution >= 0.6 is 23.4 Å². The standard InChI is InChI=1S/C22H22ClFN6OS/c23-19-13-20(30-11-9-29(10-12-30)18-7-2-1-6-17(18)24)28-22(27-19)32-15-21(31)26-14-16-5-3-4-8-25-16/h1-8,13H,9-12,14-15H2,(H,26,31). The third-order valence-electron chi connectivity index (χ3n) is 4.98. The van der Waals surface area contributed by atoms with E-state index in [-0.39, 0.29) is 17.5 Å². The second-order valence-corrected chi connectivity index (χ2v) is 8.47. The number of nitrogens with one attached hydrogen (secondary N) is 1. The van der Waals surface area contributed by atoms with Gasteiger partial charge >= 0.3 is 0 Å². The minimum Gasteiger partial charge on any atom is -0.366 e. The lowest BCUT2D eigenvalue weighted by Gasteiger charge is -2.36. The average molecular weight is 473 g/mol. The van der Waals surface area contributed by atoms with Crippen molar-refractivity contribution < 1.29 is 9.18 Å². The lowest BCUT2D eigenvalue weighted by atomic mass is 10.2. The molecule has 0 aliphatic carbocycles. The van der Waals surface area contributed by atoms with Crippen molar-refractivity contribution in [2.75, 3.05) is 41.7 Å². The second-order valence-electron chi connectivity index (χ2n) is 7.14. The van der Waals surface area contributed by atoms with E-state index in [0.717, 1.165) is 5.69 Å². The van der Waals surface area contributed by atoms with Crippen molar-refractivity contribution in [1.29, 1.82) is 0 Å². The quantitative estimate of drug-likeness (QED) is 0.321. The van der Waals surface area contributed by atoms with Crippen LogP contribution < -0.4 is 15.1 Å². The van der Waals surface area contributed by atoms with Crippen molar-refractivity contribution in [2.45, 2.75) is 11.7 Å². The van der Waals surface area contributed by atoms with Crippen molar-refractivity contribution >= 4 is 40.8 Å². The minimum absolute atomic E-state index is 0.135. The molecule has 1 aromatic carbocycles. The molecule has 1 N–H and O–H groups in total. The van der Waals surface area contributed by atoms with E-state index >= 15 is 0 Å². The minimum atomic E-state index is -0.217. The van der Waals surface area contributed by atoms with E-state index in [1.54, 1.807) is 24.4 Å². The fraction of sp³-hybridized carbons (Fsp3) is 0.273. The molecule has 0 spiro atoms. The first-order valence-corrected chi connectivity index (χ1v) is 11.5. The molecule has 0 unspecified atom stereocenters. The Hall–Kier alpha value is -2.91. The third kappa shape index (κ3) is 5.86. The topological polar surface area (TPSA) is 74.2 Å². The van der Waals surface area contributed by atoms with Gasteiger partial charge in [-0.05, 0) is 24.3 Å². The number of thioether (sulfide) groups is 1. The van der Waals surface area contributed by atoms with Gasteiger partial charge in [0.25, 0.3) is 0 Å². The van der Waals surface area contributed by atoms with Crippen molar-refractivity contribution in [3.05, 3.63) is 71.4 Å². The number of benzene rings is 1. The van der Waals surface area contributed by atoms with Crippen molar-refractivity contribution in [1.82, 2.24) is 20.3 Å². The summed E-state index contributed by atoms with van der Waals surface area (Å²) in [6, 6.07) is 14.1. The number of piperazine rings is 1. The Morgan fingerprint density at radius 1 is 1.06 bits per heavy atom. The number of rotatable bonds is 7. The summed E-state index contributed by atoms with van der Waals surface area (Å²) >= 11 is 7.44. The molecule has 0 atom stereocenters. The number of para-hydroxylation sites is 1. The molecule has 1 fully saturated rings. The van der Waals surface area contributed by atoms with Crippen LogP contribution in [-0.4, -0.2) is 52.8 Å². The maximum Gasteiger partial charge on any atom is 0.230 e. The zero-order chi connectivity index (χ0) is 22.3. The van der Waals surface area contributed by atoms with Gasteiger partial charge < -0.3 is 15.1 Å². The number of pyridine rings is 1. The second kappa shape index (κ2) is 10.6. The highest BCUT2D eigenvalue weighted by atomic mass is 35.5. The predicted molar refractivity (Wildman–Crippen MR) is 125 cm³/mol. The summed E-state index contributed by atoms with van der Waals surface area (Å²) in [4.78, 5) is 29.3.